The highest BCUT2D eigenvalue weighted by molar-refractivity contribution is 6.29. The Morgan fingerprint density at radius 1 is 1.32 bits per heavy atom. The molecule has 1 N–H and O–H groups in total. The minimum absolute atomic E-state index is 0.431. The number of aromatic nitrogens is 4. The van der Waals surface area contributed by atoms with E-state index in [2.05, 4.69) is 21.6 Å². The zero-order valence-electron chi connectivity index (χ0n) is 13.0. The molecule has 3 rings (SSSR count). The van der Waals surface area contributed by atoms with E-state index in [0.29, 0.717) is 5.15 Å². The molecule has 4 nitrogen and oxygen atoms in total. The first-order valence-electron chi connectivity index (χ1n) is 7.21. The minimum Gasteiger partial charge on any atom is -0.353 e. The van der Waals surface area contributed by atoms with Gasteiger partial charge in [-0.2, -0.15) is 5.10 Å². The Morgan fingerprint density at radius 2 is 2.09 bits per heavy atom. The molecular formula is C17H19ClN4. The van der Waals surface area contributed by atoms with Crippen LogP contribution in [0.4, 0.5) is 0 Å². The molecule has 0 unspecified atom stereocenters. The van der Waals surface area contributed by atoms with Crippen LogP contribution in [-0.4, -0.2) is 19.6 Å². The van der Waals surface area contributed by atoms with Gasteiger partial charge in [-0.05, 0) is 36.8 Å². The molecule has 3 heterocycles. The zero-order valence-corrected chi connectivity index (χ0v) is 13.7. The number of nitrogens with zero attached hydrogens (tertiary/aromatic N) is 3. The number of rotatable bonds is 3. The van der Waals surface area contributed by atoms with E-state index in [4.69, 9.17) is 11.6 Å². The molecule has 0 saturated heterocycles. The number of nitrogens with one attached hydrogen (secondary N) is 1. The third kappa shape index (κ3) is 2.97. The maximum atomic E-state index is 5.95. The Labute approximate surface area is 135 Å². The van der Waals surface area contributed by atoms with E-state index in [-0.39, 0.29) is 0 Å². The number of hydrogen-bond acceptors (Lipinski definition) is 2. The van der Waals surface area contributed by atoms with Crippen molar-refractivity contribution >= 4 is 29.4 Å². The fraction of sp³-hybridized carbons (Fsp3) is 0.176. The molecule has 0 aliphatic rings. The van der Waals surface area contributed by atoms with Crippen molar-refractivity contribution in [2.24, 2.45) is 0 Å². The predicted octanol–water partition coefficient (Wildman–Crippen LogP) is 5.08. The summed E-state index contributed by atoms with van der Waals surface area (Å²) in [6.45, 7) is 9.80. The standard InChI is InChI=1S/C15H13ClN4.C2H6/c1-3-5-10-8-12(18-11(10)4-2)13-9-17-15-7-6-14(16)19-20(13)15;1-2/h3-9,18H,2H2,1H3;1-2H3/b5-3-;. The van der Waals surface area contributed by atoms with Crippen molar-refractivity contribution < 1.29 is 0 Å². The molecule has 0 spiro atoms. The van der Waals surface area contributed by atoms with Gasteiger partial charge in [0.15, 0.2) is 5.65 Å². The topological polar surface area (TPSA) is 46.0 Å². The number of H-pyrrole nitrogens is 1. The predicted molar refractivity (Wildman–Crippen MR) is 93.9 cm³/mol. The summed E-state index contributed by atoms with van der Waals surface area (Å²) in [6.07, 6.45) is 7.59. The molecule has 0 aromatic carbocycles. The summed E-state index contributed by atoms with van der Waals surface area (Å²) in [5, 5.41) is 4.71. The lowest BCUT2D eigenvalue weighted by molar-refractivity contribution is 0.940. The molecule has 3 aromatic heterocycles. The maximum absolute atomic E-state index is 5.95. The summed E-state index contributed by atoms with van der Waals surface area (Å²) >= 11 is 5.95. The van der Waals surface area contributed by atoms with Crippen LogP contribution in [0.2, 0.25) is 5.15 Å². The third-order valence-electron chi connectivity index (χ3n) is 3.04. The van der Waals surface area contributed by atoms with Crippen molar-refractivity contribution in [2.75, 3.05) is 0 Å². The Bertz CT molecular complexity index is 811. The third-order valence-corrected chi connectivity index (χ3v) is 3.24. The van der Waals surface area contributed by atoms with Gasteiger partial charge in [0, 0.05) is 5.69 Å². The Balaban J connectivity index is 0.000000847. The molecule has 0 fully saturated rings. The van der Waals surface area contributed by atoms with E-state index in [1.165, 1.54) is 0 Å². The van der Waals surface area contributed by atoms with E-state index in [1.807, 2.05) is 45.1 Å². The average Bonchev–Trinajstić information content (AvgIpc) is 3.13. The summed E-state index contributed by atoms with van der Waals surface area (Å²) in [7, 11) is 0. The summed E-state index contributed by atoms with van der Waals surface area (Å²) in [5.74, 6) is 0. The van der Waals surface area contributed by atoms with Gasteiger partial charge in [0.25, 0.3) is 0 Å². The van der Waals surface area contributed by atoms with Crippen molar-refractivity contribution in [3.63, 3.8) is 0 Å². The fourth-order valence-electron chi connectivity index (χ4n) is 2.15. The maximum Gasteiger partial charge on any atom is 0.154 e. The first-order chi connectivity index (χ1) is 10.7. The fourth-order valence-corrected chi connectivity index (χ4v) is 2.28. The lowest BCUT2D eigenvalue weighted by Crippen LogP contribution is -1.94. The summed E-state index contributed by atoms with van der Waals surface area (Å²) < 4.78 is 1.72. The lowest BCUT2D eigenvalue weighted by atomic mass is 10.2. The Kier molecular flexibility index (Phi) is 5.17. The molecule has 0 aliphatic carbocycles. The van der Waals surface area contributed by atoms with Crippen molar-refractivity contribution in [3.8, 4) is 11.4 Å². The largest absolute Gasteiger partial charge is 0.353 e. The van der Waals surface area contributed by atoms with Gasteiger partial charge in [0.2, 0.25) is 0 Å². The van der Waals surface area contributed by atoms with E-state index < -0.39 is 0 Å². The quantitative estimate of drug-likeness (QED) is 0.732. The van der Waals surface area contributed by atoms with Gasteiger partial charge in [-0.1, -0.05) is 44.2 Å². The molecule has 0 amide bonds. The average molecular weight is 315 g/mol. The van der Waals surface area contributed by atoms with Gasteiger partial charge in [-0.15, -0.1) is 0 Å². The van der Waals surface area contributed by atoms with Crippen LogP contribution in [0.3, 0.4) is 0 Å². The molecule has 0 aliphatic heterocycles. The van der Waals surface area contributed by atoms with Crippen molar-refractivity contribution in [2.45, 2.75) is 20.8 Å². The van der Waals surface area contributed by atoms with Crippen LogP contribution in [0.1, 0.15) is 32.0 Å². The van der Waals surface area contributed by atoms with Crippen LogP contribution in [0.25, 0.3) is 29.2 Å². The highest BCUT2D eigenvalue weighted by Crippen LogP contribution is 2.24. The van der Waals surface area contributed by atoms with Gasteiger partial charge < -0.3 is 4.98 Å². The van der Waals surface area contributed by atoms with Gasteiger partial charge >= 0.3 is 0 Å². The summed E-state index contributed by atoms with van der Waals surface area (Å²) in [5.41, 5.74) is 4.59. The molecule has 0 saturated carbocycles. The zero-order chi connectivity index (χ0) is 16.1. The van der Waals surface area contributed by atoms with Gasteiger partial charge in [0.1, 0.15) is 10.8 Å². The molecular weight excluding hydrogens is 296 g/mol. The Morgan fingerprint density at radius 3 is 2.77 bits per heavy atom. The van der Waals surface area contributed by atoms with Crippen LogP contribution >= 0.6 is 11.6 Å². The first kappa shape index (κ1) is 16.0. The smallest absolute Gasteiger partial charge is 0.154 e. The lowest BCUT2D eigenvalue weighted by Gasteiger charge is -1.98. The molecule has 0 atom stereocenters. The summed E-state index contributed by atoms with van der Waals surface area (Å²) in [4.78, 5) is 7.64. The number of aromatic amines is 1. The molecule has 0 bridgehead atoms. The van der Waals surface area contributed by atoms with E-state index in [0.717, 1.165) is 28.3 Å². The SMILES string of the molecule is C=Cc1[nH]c(-c2cnc3ccc(Cl)nn23)cc1/C=C\C.CC. The molecule has 114 valence electrons. The van der Waals surface area contributed by atoms with Crippen LogP contribution in [-0.2, 0) is 0 Å². The number of halogens is 1. The van der Waals surface area contributed by atoms with Crippen LogP contribution in [0.15, 0.2) is 37.1 Å². The molecule has 0 radical (unpaired) electrons. The van der Waals surface area contributed by atoms with Crippen LogP contribution in [0, 0.1) is 0 Å². The number of hydrogen-bond donors (Lipinski definition) is 1. The van der Waals surface area contributed by atoms with Gasteiger partial charge in [-0.25, -0.2) is 9.50 Å². The normalized spacial score (nSPS) is 10.7. The monoisotopic (exact) mass is 314 g/mol. The second-order valence-electron chi connectivity index (χ2n) is 4.33. The first-order valence-corrected chi connectivity index (χ1v) is 7.59. The summed E-state index contributed by atoms with van der Waals surface area (Å²) in [6, 6.07) is 5.61. The van der Waals surface area contributed by atoms with E-state index in [1.54, 1.807) is 22.9 Å². The molecule has 5 heteroatoms. The number of imidazole rings is 1. The number of fused-ring (bicyclic) bond motifs is 1. The van der Waals surface area contributed by atoms with Gasteiger partial charge in [0.05, 0.1) is 11.9 Å². The van der Waals surface area contributed by atoms with E-state index >= 15 is 0 Å². The van der Waals surface area contributed by atoms with Gasteiger partial charge in [-0.3, -0.25) is 0 Å². The molecule has 22 heavy (non-hydrogen) atoms. The van der Waals surface area contributed by atoms with Crippen LogP contribution in [0.5, 0.6) is 0 Å². The van der Waals surface area contributed by atoms with E-state index in [9.17, 15) is 0 Å². The Hall–Kier alpha value is -2.33. The van der Waals surface area contributed by atoms with Crippen LogP contribution < -0.4 is 0 Å². The second-order valence-corrected chi connectivity index (χ2v) is 4.71. The highest BCUT2D eigenvalue weighted by Gasteiger charge is 2.11. The van der Waals surface area contributed by atoms with Crippen molar-refractivity contribution in [1.29, 1.82) is 0 Å². The van der Waals surface area contributed by atoms with Crippen molar-refractivity contribution in [1.82, 2.24) is 19.6 Å². The van der Waals surface area contributed by atoms with Crippen molar-refractivity contribution in [3.05, 3.63) is 53.5 Å². The molecule has 3 aromatic rings. The second kappa shape index (κ2) is 7.09. The minimum atomic E-state index is 0.431. The highest BCUT2D eigenvalue weighted by atomic mass is 35.5. The number of allylic oxidation sites excluding steroid dienone is 1.